The zero-order chi connectivity index (χ0) is 11.2. The molecule has 2 nitrogen and oxygen atoms in total. The maximum Gasteiger partial charge on any atom is 0.115 e. The first-order valence-electron chi connectivity index (χ1n) is 6.30. The minimum absolute atomic E-state index is 0.218. The van der Waals surface area contributed by atoms with E-state index in [1.165, 1.54) is 36.8 Å². The lowest BCUT2D eigenvalue weighted by Gasteiger charge is -2.40. The highest BCUT2D eigenvalue weighted by Gasteiger charge is 2.40. The number of benzene rings is 1. The number of phenols is 1. The van der Waals surface area contributed by atoms with Gasteiger partial charge in [0.15, 0.2) is 0 Å². The van der Waals surface area contributed by atoms with Crippen molar-refractivity contribution in [2.24, 2.45) is 0 Å². The summed E-state index contributed by atoms with van der Waals surface area (Å²) in [6.07, 6.45) is 5.14. The van der Waals surface area contributed by atoms with Crippen LogP contribution in [0.5, 0.6) is 5.75 Å². The first-order valence-corrected chi connectivity index (χ1v) is 6.30. The Balaban J connectivity index is 2.13. The van der Waals surface area contributed by atoms with Crippen molar-refractivity contribution in [2.45, 2.75) is 44.1 Å². The van der Waals surface area contributed by atoms with Gasteiger partial charge in [0.05, 0.1) is 0 Å². The van der Waals surface area contributed by atoms with E-state index in [1.807, 2.05) is 12.1 Å². The van der Waals surface area contributed by atoms with Crippen molar-refractivity contribution in [3.63, 3.8) is 0 Å². The summed E-state index contributed by atoms with van der Waals surface area (Å²) in [6.45, 7) is 3.27. The smallest absolute Gasteiger partial charge is 0.115 e. The molecule has 0 bridgehead atoms. The van der Waals surface area contributed by atoms with Crippen LogP contribution in [-0.4, -0.2) is 11.7 Å². The van der Waals surface area contributed by atoms with E-state index in [1.54, 1.807) is 0 Å². The molecule has 1 unspecified atom stereocenters. The summed E-state index contributed by atoms with van der Waals surface area (Å²) in [4.78, 5) is 0. The predicted molar refractivity (Wildman–Crippen MR) is 64.7 cm³/mol. The Kier molecular flexibility index (Phi) is 2.21. The molecule has 2 heteroatoms. The highest BCUT2D eigenvalue weighted by Crippen LogP contribution is 2.45. The number of hydrogen-bond acceptors (Lipinski definition) is 2. The normalized spacial score (nSPS) is 26.9. The Hall–Kier alpha value is -1.02. The standard InChI is InChI=1S/C14H19NO/c1-10-9-15-14(6-2-3-7-14)13-5-4-11(16)8-12(10)13/h4-5,8,10,15-16H,2-3,6-7,9H2,1H3. The molecule has 1 fully saturated rings. The second-order valence-electron chi connectivity index (χ2n) is 5.34. The van der Waals surface area contributed by atoms with Crippen LogP contribution in [0.3, 0.4) is 0 Å². The van der Waals surface area contributed by atoms with E-state index < -0.39 is 0 Å². The Morgan fingerprint density at radius 3 is 2.81 bits per heavy atom. The number of hydrogen-bond donors (Lipinski definition) is 2. The van der Waals surface area contributed by atoms with Crippen molar-refractivity contribution in [3.8, 4) is 5.75 Å². The minimum Gasteiger partial charge on any atom is -0.508 e. The van der Waals surface area contributed by atoms with Gasteiger partial charge in [0.2, 0.25) is 0 Å². The van der Waals surface area contributed by atoms with Crippen molar-refractivity contribution in [2.75, 3.05) is 6.54 Å². The third-order valence-electron chi connectivity index (χ3n) is 4.29. The number of phenolic OH excluding ortho intramolecular Hbond substituents is 1. The van der Waals surface area contributed by atoms with Crippen molar-refractivity contribution < 1.29 is 5.11 Å². The van der Waals surface area contributed by atoms with E-state index >= 15 is 0 Å². The van der Waals surface area contributed by atoms with Crippen molar-refractivity contribution >= 4 is 0 Å². The lowest BCUT2D eigenvalue weighted by molar-refractivity contribution is 0.307. The van der Waals surface area contributed by atoms with Crippen molar-refractivity contribution in [1.82, 2.24) is 5.32 Å². The summed E-state index contributed by atoms with van der Waals surface area (Å²) in [5.74, 6) is 0.911. The quantitative estimate of drug-likeness (QED) is 0.700. The Bertz CT molecular complexity index is 407. The van der Waals surface area contributed by atoms with Gasteiger partial charge in [-0.1, -0.05) is 25.8 Å². The van der Waals surface area contributed by atoms with Crippen molar-refractivity contribution in [1.29, 1.82) is 0 Å². The lowest BCUT2D eigenvalue weighted by atomic mass is 9.77. The van der Waals surface area contributed by atoms with E-state index in [4.69, 9.17) is 0 Å². The monoisotopic (exact) mass is 217 g/mol. The molecule has 86 valence electrons. The Labute approximate surface area is 96.7 Å². The molecule has 2 N–H and O–H groups in total. The van der Waals surface area contributed by atoms with Gasteiger partial charge < -0.3 is 10.4 Å². The molecule has 16 heavy (non-hydrogen) atoms. The fraction of sp³-hybridized carbons (Fsp3) is 0.571. The molecule has 1 saturated carbocycles. The Morgan fingerprint density at radius 2 is 2.06 bits per heavy atom. The zero-order valence-electron chi connectivity index (χ0n) is 9.79. The first kappa shape index (κ1) is 10.2. The third-order valence-corrected chi connectivity index (χ3v) is 4.29. The fourth-order valence-electron chi connectivity index (χ4n) is 3.37. The molecule has 0 aromatic heterocycles. The zero-order valence-corrected chi connectivity index (χ0v) is 9.79. The average molecular weight is 217 g/mol. The predicted octanol–water partition coefficient (Wildman–Crippen LogP) is 2.87. The molecule has 0 amide bonds. The van der Waals surface area contributed by atoms with E-state index in [0.29, 0.717) is 11.7 Å². The summed E-state index contributed by atoms with van der Waals surface area (Å²) >= 11 is 0. The van der Waals surface area contributed by atoms with E-state index in [0.717, 1.165) is 6.54 Å². The molecular weight excluding hydrogens is 198 g/mol. The van der Waals surface area contributed by atoms with Gasteiger partial charge in [-0.3, -0.25) is 0 Å². The van der Waals surface area contributed by atoms with Crippen LogP contribution >= 0.6 is 0 Å². The van der Waals surface area contributed by atoms with Gasteiger partial charge in [0, 0.05) is 12.1 Å². The second-order valence-corrected chi connectivity index (χ2v) is 5.34. The first-order chi connectivity index (χ1) is 7.71. The molecular formula is C14H19NO. The maximum atomic E-state index is 9.62. The van der Waals surface area contributed by atoms with Gasteiger partial charge in [0.25, 0.3) is 0 Å². The SMILES string of the molecule is CC1CNC2(CCCC2)c2ccc(O)cc21. The largest absolute Gasteiger partial charge is 0.508 e. The van der Waals surface area contributed by atoms with Gasteiger partial charge in [-0.2, -0.15) is 0 Å². The minimum atomic E-state index is 0.218. The van der Waals surface area contributed by atoms with Gasteiger partial charge in [-0.05, 0) is 42.0 Å². The van der Waals surface area contributed by atoms with E-state index in [2.05, 4.69) is 18.3 Å². The second kappa shape index (κ2) is 3.49. The third kappa shape index (κ3) is 1.36. The van der Waals surface area contributed by atoms with Crippen LogP contribution in [0.15, 0.2) is 18.2 Å². The average Bonchev–Trinajstić information content (AvgIpc) is 2.74. The number of fused-ring (bicyclic) bond motifs is 2. The fourth-order valence-corrected chi connectivity index (χ4v) is 3.37. The molecule has 1 aromatic carbocycles. The molecule has 1 spiro atoms. The van der Waals surface area contributed by atoms with Crippen LogP contribution in [0.4, 0.5) is 0 Å². The number of rotatable bonds is 0. The van der Waals surface area contributed by atoms with E-state index in [-0.39, 0.29) is 5.54 Å². The summed E-state index contributed by atoms with van der Waals surface area (Å²) in [5, 5.41) is 13.4. The molecule has 1 aromatic rings. The summed E-state index contributed by atoms with van der Waals surface area (Å²) in [6, 6.07) is 5.91. The van der Waals surface area contributed by atoms with Crippen LogP contribution in [0, 0.1) is 0 Å². The number of aromatic hydroxyl groups is 1. The van der Waals surface area contributed by atoms with E-state index in [9.17, 15) is 5.11 Å². The van der Waals surface area contributed by atoms with Gasteiger partial charge in [-0.15, -0.1) is 0 Å². The van der Waals surface area contributed by atoms with Crippen LogP contribution < -0.4 is 5.32 Å². The van der Waals surface area contributed by atoms with Gasteiger partial charge in [-0.25, -0.2) is 0 Å². The van der Waals surface area contributed by atoms with Crippen LogP contribution in [-0.2, 0) is 5.54 Å². The van der Waals surface area contributed by atoms with Gasteiger partial charge in [0.1, 0.15) is 5.75 Å². The summed E-state index contributed by atoms with van der Waals surface area (Å²) in [5.41, 5.74) is 3.00. The summed E-state index contributed by atoms with van der Waals surface area (Å²) < 4.78 is 0. The molecule has 1 aliphatic heterocycles. The van der Waals surface area contributed by atoms with Gasteiger partial charge >= 0.3 is 0 Å². The molecule has 3 rings (SSSR count). The van der Waals surface area contributed by atoms with Crippen molar-refractivity contribution in [3.05, 3.63) is 29.3 Å². The molecule has 1 atom stereocenters. The molecule has 1 aliphatic carbocycles. The van der Waals surface area contributed by atoms with Crippen LogP contribution in [0.1, 0.15) is 49.7 Å². The molecule has 2 aliphatic rings. The molecule has 0 saturated heterocycles. The van der Waals surface area contributed by atoms with Crippen LogP contribution in [0.25, 0.3) is 0 Å². The summed E-state index contributed by atoms with van der Waals surface area (Å²) in [7, 11) is 0. The highest BCUT2D eigenvalue weighted by molar-refractivity contribution is 5.43. The molecule has 1 heterocycles. The molecule has 0 radical (unpaired) electrons. The lowest BCUT2D eigenvalue weighted by Crippen LogP contribution is -2.46. The topological polar surface area (TPSA) is 32.3 Å². The number of nitrogens with one attached hydrogen (secondary N) is 1. The Morgan fingerprint density at radius 1 is 1.31 bits per heavy atom. The maximum absolute atomic E-state index is 9.62. The highest BCUT2D eigenvalue weighted by atomic mass is 16.3. The van der Waals surface area contributed by atoms with Crippen LogP contribution in [0.2, 0.25) is 0 Å².